The lowest BCUT2D eigenvalue weighted by Crippen LogP contribution is -2.24. The Balaban J connectivity index is 2.05. The van der Waals surface area contributed by atoms with E-state index in [-0.39, 0.29) is 0 Å². The molecule has 0 heterocycles. The number of hydrogen-bond acceptors (Lipinski definition) is 1. The van der Waals surface area contributed by atoms with E-state index in [0.717, 1.165) is 10.6 Å². The van der Waals surface area contributed by atoms with E-state index in [1.807, 2.05) is 13.1 Å². The maximum Gasteiger partial charge on any atom is 0.0435 e. The third-order valence-electron chi connectivity index (χ3n) is 4.42. The van der Waals surface area contributed by atoms with Crippen molar-refractivity contribution in [3.05, 3.63) is 69.7 Å². The monoisotopic (exact) mass is 285 g/mol. The number of benzene rings is 2. The molecule has 20 heavy (non-hydrogen) atoms. The topological polar surface area (TPSA) is 12.0 Å². The fraction of sp³-hybridized carbons (Fsp3) is 0.333. The van der Waals surface area contributed by atoms with Crippen LogP contribution < -0.4 is 5.32 Å². The van der Waals surface area contributed by atoms with Gasteiger partial charge in [-0.1, -0.05) is 48.0 Å². The highest BCUT2D eigenvalue weighted by Crippen LogP contribution is 2.41. The predicted molar refractivity (Wildman–Crippen MR) is 85.5 cm³/mol. The van der Waals surface area contributed by atoms with Crippen molar-refractivity contribution >= 4 is 11.6 Å². The molecule has 2 aromatic rings. The van der Waals surface area contributed by atoms with Gasteiger partial charge >= 0.3 is 0 Å². The van der Waals surface area contributed by atoms with Crippen LogP contribution in [0.25, 0.3) is 0 Å². The Morgan fingerprint density at radius 2 is 1.80 bits per heavy atom. The summed E-state index contributed by atoms with van der Waals surface area (Å²) in [5, 5.41) is 4.28. The Morgan fingerprint density at radius 3 is 2.50 bits per heavy atom. The Morgan fingerprint density at radius 1 is 1.05 bits per heavy atom. The minimum Gasteiger partial charge on any atom is -0.313 e. The molecule has 2 atom stereocenters. The summed E-state index contributed by atoms with van der Waals surface area (Å²) in [6.07, 6.45) is 2.36. The van der Waals surface area contributed by atoms with Crippen molar-refractivity contribution < 1.29 is 0 Å². The summed E-state index contributed by atoms with van der Waals surface area (Å²) in [7, 11) is 2.05. The molecule has 1 aliphatic carbocycles. The summed E-state index contributed by atoms with van der Waals surface area (Å²) in [6.45, 7) is 2.08. The lowest BCUT2D eigenvalue weighted by Gasteiger charge is -2.32. The van der Waals surface area contributed by atoms with Gasteiger partial charge in [-0.15, -0.1) is 0 Å². The van der Waals surface area contributed by atoms with Crippen LogP contribution >= 0.6 is 11.6 Å². The largest absolute Gasteiger partial charge is 0.313 e. The summed E-state index contributed by atoms with van der Waals surface area (Å²) in [6, 6.07) is 15.7. The first-order valence-corrected chi connectivity index (χ1v) is 7.60. The summed E-state index contributed by atoms with van der Waals surface area (Å²) >= 11 is 6.16. The van der Waals surface area contributed by atoms with E-state index in [0.29, 0.717) is 12.0 Å². The molecule has 1 aliphatic rings. The van der Waals surface area contributed by atoms with Gasteiger partial charge in [0.05, 0.1) is 0 Å². The van der Waals surface area contributed by atoms with Gasteiger partial charge in [-0.05, 0) is 55.1 Å². The van der Waals surface area contributed by atoms with Crippen LogP contribution in [0, 0.1) is 6.92 Å². The van der Waals surface area contributed by atoms with E-state index in [4.69, 9.17) is 11.6 Å². The zero-order chi connectivity index (χ0) is 14.1. The van der Waals surface area contributed by atoms with Gasteiger partial charge in [0, 0.05) is 17.0 Å². The van der Waals surface area contributed by atoms with Gasteiger partial charge in [0.25, 0.3) is 0 Å². The van der Waals surface area contributed by atoms with Crippen molar-refractivity contribution in [2.45, 2.75) is 31.7 Å². The van der Waals surface area contributed by atoms with Gasteiger partial charge in [0.2, 0.25) is 0 Å². The molecule has 0 radical (unpaired) electrons. The molecule has 0 aromatic heterocycles. The Bertz CT molecular complexity index is 621. The van der Waals surface area contributed by atoms with Crippen molar-refractivity contribution in [1.29, 1.82) is 0 Å². The van der Waals surface area contributed by atoms with Crippen molar-refractivity contribution in [3.8, 4) is 0 Å². The number of fused-ring (bicyclic) bond motifs is 1. The second-order valence-electron chi connectivity index (χ2n) is 5.61. The van der Waals surface area contributed by atoms with Crippen LogP contribution in [-0.4, -0.2) is 7.05 Å². The third-order valence-corrected chi connectivity index (χ3v) is 4.85. The summed E-state index contributed by atoms with van der Waals surface area (Å²) in [4.78, 5) is 0. The molecule has 0 saturated heterocycles. The zero-order valence-electron chi connectivity index (χ0n) is 12.0. The standard InChI is InChI=1S/C18H20ClN/c1-12-11-13(7-9-17(12)19)14-8-10-18(20-2)16-6-4-3-5-15(14)16/h3-7,9,11,14,18,20H,8,10H2,1-2H3/t14-,18?/m0/s1. The number of hydrogen-bond donors (Lipinski definition) is 1. The normalized spacial score (nSPS) is 21.6. The van der Waals surface area contributed by atoms with Gasteiger partial charge in [-0.3, -0.25) is 0 Å². The second kappa shape index (κ2) is 5.59. The average Bonchev–Trinajstić information content (AvgIpc) is 2.49. The van der Waals surface area contributed by atoms with Gasteiger partial charge < -0.3 is 5.32 Å². The number of rotatable bonds is 2. The van der Waals surface area contributed by atoms with Crippen LogP contribution in [0.3, 0.4) is 0 Å². The highest BCUT2D eigenvalue weighted by molar-refractivity contribution is 6.31. The minimum atomic E-state index is 0.482. The molecule has 3 rings (SSSR count). The molecule has 0 saturated carbocycles. The van der Waals surface area contributed by atoms with Crippen LogP contribution in [0.1, 0.15) is 47.1 Å². The highest BCUT2D eigenvalue weighted by atomic mass is 35.5. The predicted octanol–water partition coefficient (Wildman–Crippen LogP) is 4.83. The Kier molecular flexibility index (Phi) is 3.82. The highest BCUT2D eigenvalue weighted by Gasteiger charge is 2.27. The fourth-order valence-corrected chi connectivity index (χ4v) is 3.44. The minimum absolute atomic E-state index is 0.482. The van der Waals surface area contributed by atoms with Crippen LogP contribution in [0.2, 0.25) is 5.02 Å². The smallest absolute Gasteiger partial charge is 0.0435 e. The van der Waals surface area contributed by atoms with Gasteiger partial charge in [0.15, 0.2) is 0 Å². The van der Waals surface area contributed by atoms with E-state index in [9.17, 15) is 0 Å². The van der Waals surface area contributed by atoms with E-state index in [1.54, 1.807) is 0 Å². The first kappa shape index (κ1) is 13.7. The summed E-state index contributed by atoms with van der Waals surface area (Å²) in [5.41, 5.74) is 5.45. The van der Waals surface area contributed by atoms with Gasteiger partial charge in [-0.25, -0.2) is 0 Å². The molecule has 1 nitrogen and oxygen atoms in total. The maximum atomic E-state index is 6.16. The lowest BCUT2D eigenvalue weighted by atomic mass is 9.76. The molecule has 0 bridgehead atoms. The van der Waals surface area contributed by atoms with Crippen LogP contribution in [-0.2, 0) is 0 Å². The van der Waals surface area contributed by atoms with E-state index >= 15 is 0 Å². The van der Waals surface area contributed by atoms with Crippen molar-refractivity contribution in [3.63, 3.8) is 0 Å². The van der Waals surface area contributed by atoms with E-state index in [1.165, 1.54) is 29.5 Å². The number of nitrogens with one attached hydrogen (secondary N) is 1. The van der Waals surface area contributed by atoms with Gasteiger partial charge in [-0.2, -0.15) is 0 Å². The number of halogens is 1. The fourth-order valence-electron chi connectivity index (χ4n) is 3.32. The zero-order valence-corrected chi connectivity index (χ0v) is 12.7. The second-order valence-corrected chi connectivity index (χ2v) is 6.02. The lowest BCUT2D eigenvalue weighted by molar-refractivity contribution is 0.471. The molecular formula is C18H20ClN. The van der Waals surface area contributed by atoms with Crippen molar-refractivity contribution in [2.75, 3.05) is 7.05 Å². The van der Waals surface area contributed by atoms with Crippen molar-refractivity contribution in [2.24, 2.45) is 0 Å². The molecule has 2 heteroatoms. The quantitative estimate of drug-likeness (QED) is 0.833. The molecule has 104 valence electrons. The Labute approximate surface area is 126 Å². The first-order chi connectivity index (χ1) is 9.70. The first-order valence-electron chi connectivity index (χ1n) is 7.23. The van der Waals surface area contributed by atoms with E-state index in [2.05, 4.69) is 48.6 Å². The third kappa shape index (κ3) is 2.36. The van der Waals surface area contributed by atoms with Crippen molar-refractivity contribution in [1.82, 2.24) is 5.32 Å². The molecule has 1 N–H and O–H groups in total. The van der Waals surface area contributed by atoms with E-state index < -0.39 is 0 Å². The molecule has 0 fully saturated rings. The molecule has 0 spiro atoms. The number of aryl methyl sites for hydroxylation is 1. The molecule has 0 amide bonds. The SMILES string of the molecule is CNC1CC[C@@H](c2ccc(Cl)c(C)c2)c2ccccc21. The van der Waals surface area contributed by atoms with Crippen LogP contribution in [0.5, 0.6) is 0 Å². The molecule has 2 aromatic carbocycles. The summed E-state index contributed by atoms with van der Waals surface area (Å²) < 4.78 is 0. The maximum absolute atomic E-state index is 6.16. The van der Waals surface area contributed by atoms with Gasteiger partial charge in [0.1, 0.15) is 0 Å². The van der Waals surface area contributed by atoms with Crippen LogP contribution in [0.4, 0.5) is 0 Å². The van der Waals surface area contributed by atoms with Crippen LogP contribution in [0.15, 0.2) is 42.5 Å². The average molecular weight is 286 g/mol. The summed E-state index contributed by atoms with van der Waals surface area (Å²) in [5.74, 6) is 0.492. The Hall–Kier alpha value is -1.31. The molecule has 0 aliphatic heterocycles. The molecule has 1 unspecified atom stereocenters. The molecular weight excluding hydrogens is 266 g/mol.